The molecule has 2 aliphatic rings. The molecule has 0 radical (unpaired) electrons. The Morgan fingerprint density at radius 2 is 1.86 bits per heavy atom. The second kappa shape index (κ2) is 11.0. The van der Waals surface area contributed by atoms with Crippen molar-refractivity contribution in [1.29, 1.82) is 0 Å². The number of anilines is 1. The molecule has 1 fully saturated rings. The molecule has 2 heterocycles. The van der Waals surface area contributed by atoms with Crippen molar-refractivity contribution >= 4 is 31.3 Å². The fourth-order valence-corrected chi connectivity index (χ4v) is 4.39. The summed E-state index contributed by atoms with van der Waals surface area (Å²) in [5.74, 6) is -2.19. The number of rotatable bonds is 8. The van der Waals surface area contributed by atoms with Crippen LogP contribution >= 0.6 is 0 Å². The number of nitrogens with one attached hydrogen (secondary N) is 2. The second-order valence-electron chi connectivity index (χ2n) is 8.84. The first kappa shape index (κ1) is 24.9. The zero-order valence-electron chi connectivity index (χ0n) is 20.1. The van der Waals surface area contributed by atoms with Crippen molar-refractivity contribution in [2.45, 2.75) is 38.9 Å². The van der Waals surface area contributed by atoms with Crippen molar-refractivity contribution < 1.29 is 23.5 Å². The smallest absolute Gasteiger partial charge is 0.254 e. The SMILES string of the molecule is BC(C(=O)NC(=O)CC)N1Cc2c(NCc3cccc(CN4CCOCC4)c3F)cccc2C1=O. The lowest BCUT2D eigenvalue weighted by Crippen LogP contribution is -2.49. The number of hydrogen-bond donors (Lipinski definition) is 2. The average molecular weight is 480 g/mol. The van der Waals surface area contributed by atoms with Crippen LogP contribution in [-0.2, 0) is 34.0 Å². The maximum Gasteiger partial charge on any atom is 0.254 e. The minimum absolute atomic E-state index is 0.185. The minimum atomic E-state index is -0.799. The summed E-state index contributed by atoms with van der Waals surface area (Å²) in [4.78, 5) is 40.6. The summed E-state index contributed by atoms with van der Waals surface area (Å²) >= 11 is 0. The van der Waals surface area contributed by atoms with Gasteiger partial charge in [0, 0.05) is 67.1 Å². The van der Waals surface area contributed by atoms with E-state index in [1.165, 1.54) is 4.90 Å². The number of halogens is 1. The zero-order valence-corrected chi connectivity index (χ0v) is 20.1. The van der Waals surface area contributed by atoms with Crippen LogP contribution in [0.2, 0.25) is 0 Å². The van der Waals surface area contributed by atoms with Gasteiger partial charge in [0.1, 0.15) is 13.7 Å². The van der Waals surface area contributed by atoms with Gasteiger partial charge in [-0.3, -0.25) is 24.6 Å². The number of carbonyl (C=O) groups excluding carboxylic acids is 3. The molecule has 2 aromatic rings. The van der Waals surface area contributed by atoms with Crippen LogP contribution < -0.4 is 10.6 Å². The molecule has 4 rings (SSSR count). The van der Waals surface area contributed by atoms with E-state index in [1.807, 2.05) is 12.1 Å². The van der Waals surface area contributed by atoms with Gasteiger partial charge in [-0.05, 0) is 12.1 Å². The van der Waals surface area contributed by atoms with Gasteiger partial charge < -0.3 is 15.0 Å². The molecular weight excluding hydrogens is 450 g/mol. The first-order chi connectivity index (χ1) is 16.9. The Hall–Kier alpha value is -3.24. The van der Waals surface area contributed by atoms with Crippen molar-refractivity contribution in [2.75, 3.05) is 31.6 Å². The average Bonchev–Trinajstić information content (AvgIpc) is 3.21. The van der Waals surface area contributed by atoms with Crippen LogP contribution in [0.25, 0.3) is 0 Å². The summed E-state index contributed by atoms with van der Waals surface area (Å²) in [5.41, 5.74) is 3.16. The molecule has 0 spiro atoms. The maximum absolute atomic E-state index is 15.2. The van der Waals surface area contributed by atoms with Gasteiger partial charge in [-0.15, -0.1) is 0 Å². The number of carbonyl (C=O) groups is 3. The van der Waals surface area contributed by atoms with Crippen molar-refractivity contribution in [2.24, 2.45) is 0 Å². The summed E-state index contributed by atoms with van der Waals surface area (Å²) in [6.45, 7) is 5.56. The predicted octanol–water partition coefficient (Wildman–Crippen LogP) is 1.24. The Bertz CT molecular complexity index is 1120. The molecule has 1 unspecified atom stereocenters. The topological polar surface area (TPSA) is 91.0 Å². The molecule has 0 bridgehead atoms. The third-order valence-corrected chi connectivity index (χ3v) is 6.55. The Morgan fingerprint density at radius 1 is 1.14 bits per heavy atom. The largest absolute Gasteiger partial charge is 0.381 e. The van der Waals surface area contributed by atoms with E-state index in [-0.39, 0.29) is 37.1 Å². The van der Waals surface area contributed by atoms with Crippen LogP contribution in [0.3, 0.4) is 0 Å². The van der Waals surface area contributed by atoms with E-state index in [0.717, 1.165) is 18.7 Å². The highest BCUT2D eigenvalue weighted by Gasteiger charge is 2.35. The van der Waals surface area contributed by atoms with Crippen LogP contribution in [0.4, 0.5) is 10.1 Å². The number of imide groups is 1. The Kier molecular flexibility index (Phi) is 7.82. The second-order valence-corrected chi connectivity index (χ2v) is 8.84. The Balaban J connectivity index is 1.45. The van der Waals surface area contributed by atoms with Crippen molar-refractivity contribution in [1.82, 2.24) is 15.1 Å². The number of benzene rings is 2. The number of fused-ring (bicyclic) bond motifs is 1. The van der Waals surface area contributed by atoms with Gasteiger partial charge in [-0.1, -0.05) is 31.2 Å². The van der Waals surface area contributed by atoms with Gasteiger partial charge in [0.05, 0.1) is 19.2 Å². The van der Waals surface area contributed by atoms with Crippen LogP contribution in [-0.4, -0.2) is 67.6 Å². The number of morpholine rings is 1. The highest BCUT2D eigenvalue weighted by atomic mass is 19.1. The van der Waals surface area contributed by atoms with Crippen LogP contribution in [0.5, 0.6) is 0 Å². The number of ether oxygens (including phenoxy) is 1. The van der Waals surface area contributed by atoms with Gasteiger partial charge >= 0.3 is 0 Å². The molecule has 184 valence electrons. The summed E-state index contributed by atoms with van der Waals surface area (Å²) in [5, 5.41) is 5.59. The van der Waals surface area contributed by atoms with Crippen molar-refractivity contribution in [3.8, 4) is 0 Å². The van der Waals surface area contributed by atoms with E-state index in [4.69, 9.17) is 4.74 Å². The highest BCUT2D eigenvalue weighted by molar-refractivity contribution is 6.27. The third kappa shape index (κ3) is 5.54. The van der Waals surface area contributed by atoms with E-state index in [0.29, 0.717) is 42.1 Å². The molecule has 1 saturated heterocycles. The Morgan fingerprint density at radius 3 is 2.60 bits per heavy atom. The molecular formula is C25H30BFN4O4. The first-order valence-corrected chi connectivity index (χ1v) is 12.0. The molecule has 2 N–H and O–H groups in total. The fourth-order valence-electron chi connectivity index (χ4n) is 4.39. The molecule has 10 heteroatoms. The molecule has 2 aliphatic heterocycles. The molecule has 8 nitrogen and oxygen atoms in total. The number of hydrogen-bond acceptors (Lipinski definition) is 6. The van der Waals surface area contributed by atoms with Gasteiger partial charge in [0.15, 0.2) is 0 Å². The fraction of sp³-hybridized carbons (Fsp3) is 0.400. The molecule has 3 amide bonds. The van der Waals surface area contributed by atoms with Gasteiger partial charge in [0.25, 0.3) is 5.91 Å². The monoisotopic (exact) mass is 480 g/mol. The van der Waals surface area contributed by atoms with Crippen LogP contribution in [0, 0.1) is 5.82 Å². The van der Waals surface area contributed by atoms with Gasteiger partial charge in [-0.25, -0.2) is 4.39 Å². The first-order valence-electron chi connectivity index (χ1n) is 12.0. The molecule has 1 atom stereocenters. The molecule has 0 saturated carbocycles. The lowest BCUT2D eigenvalue weighted by Gasteiger charge is -2.27. The van der Waals surface area contributed by atoms with Crippen molar-refractivity contribution in [3.63, 3.8) is 0 Å². The summed E-state index contributed by atoms with van der Waals surface area (Å²) in [6, 6.07) is 10.7. The lowest BCUT2D eigenvalue weighted by molar-refractivity contribution is -0.131. The number of nitrogens with zero attached hydrogens (tertiary/aromatic N) is 2. The van der Waals surface area contributed by atoms with Gasteiger partial charge in [-0.2, -0.15) is 0 Å². The third-order valence-electron chi connectivity index (χ3n) is 6.55. The zero-order chi connectivity index (χ0) is 24.9. The summed E-state index contributed by atoms with van der Waals surface area (Å²) in [7, 11) is 1.60. The van der Waals surface area contributed by atoms with Crippen LogP contribution in [0.15, 0.2) is 36.4 Å². The highest BCUT2D eigenvalue weighted by Crippen LogP contribution is 2.31. The van der Waals surface area contributed by atoms with E-state index in [1.54, 1.807) is 39.0 Å². The lowest BCUT2D eigenvalue weighted by atomic mass is 9.93. The summed E-state index contributed by atoms with van der Waals surface area (Å²) < 4.78 is 20.6. The van der Waals surface area contributed by atoms with E-state index >= 15 is 4.39 Å². The van der Waals surface area contributed by atoms with Gasteiger partial charge in [0.2, 0.25) is 11.8 Å². The maximum atomic E-state index is 15.2. The van der Waals surface area contributed by atoms with E-state index in [2.05, 4.69) is 15.5 Å². The molecule has 0 aliphatic carbocycles. The quantitative estimate of drug-likeness (QED) is 0.553. The number of amides is 3. The molecule has 2 aromatic carbocycles. The Labute approximate surface area is 205 Å². The van der Waals surface area contributed by atoms with Crippen LogP contribution in [0.1, 0.15) is 40.4 Å². The normalized spacial score (nSPS) is 16.6. The molecule has 35 heavy (non-hydrogen) atoms. The van der Waals surface area contributed by atoms with Crippen molar-refractivity contribution in [3.05, 3.63) is 64.5 Å². The predicted molar refractivity (Wildman–Crippen MR) is 132 cm³/mol. The molecule has 0 aromatic heterocycles. The summed E-state index contributed by atoms with van der Waals surface area (Å²) in [6.07, 6.45) is 0.185. The standard InChI is InChI=1S/C25H30BFN4O4/c1-2-21(32)29-24(33)23(26)31-15-19-18(25(31)34)7-4-8-20(19)28-13-16-5-3-6-17(22(16)27)14-30-9-11-35-12-10-30/h3-8,23,28H,2,9-15,26H2,1H3,(H,29,32,33). The van der Waals surface area contributed by atoms with E-state index in [9.17, 15) is 14.4 Å². The van der Waals surface area contributed by atoms with E-state index < -0.39 is 11.8 Å². The minimum Gasteiger partial charge on any atom is -0.381 e.